The fourth-order valence-corrected chi connectivity index (χ4v) is 3.10. The van der Waals surface area contributed by atoms with E-state index in [0.717, 1.165) is 51.7 Å². The Morgan fingerprint density at radius 1 is 1.28 bits per heavy atom. The van der Waals surface area contributed by atoms with Gasteiger partial charge in [-0.05, 0) is 25.7 Å². The minimum absolute atomic E-state index is 0.0950. The molecule has 4 nitrogen and oxygen atoms in total. The predicted molar refractivity (Wildman–Crippen MR) is 69.4 cm³/mol. The van der Waals surface area contributed by atoms with Crippen LogP contribution in [-0.4, -0.2) is 37.9 Å². The van der Waals surface area contributed by atoms with Crippen LogP contribution in [0.4, 0.5) is 0 Å². The molecule has 0 aromatic rings. The van der Waals surface area contributed by atoms with Gasteiger partial charge in [-0.25, -0.2) is 0 Å². The van der Waals surface area contributed by atoms with Crippen molar-refractivity contribution in [1.29, 1.82) is 0 Å². The lowest BCUT2D eigenvalue weighted by molar-refractivity contribution is -0.149. The lowest BCUT2D eigenvalue weighted by atomic mass is 9.90. The van der Waals surface area contributed by atoms with Gasteiger partial charge in [-0.3, -0.25) is 10.1 Å². The molecule has 104 valence electrons. The molecule has 0 aromatic heterocycles. The number of hydrogen-bond acceptors (Lipinski definition) is 4. The molecule has 1 aliphatic carbocycles. The molecule has 0 radical (unpaired) electrons. The molecule has 2 rings (SSSR count). The van der Waals surface area contributed by atoms with E-state index in [1.165, 1.54) is 20.0 Å². The SMILES string of the molecule is COC(=O)C1(NCC2CCCO2)CCCCCC1. The van der Waals surface area contributed by atoms with Crippen molar-refractivity contribution in [2.24, 2.45) is 0 Å². The molecule has 2 fully saturated rings. The van der Waals surface area contributed by atoms with Gasteiger partial charge in [-0.1, -0.05) is 25.7 Å². The predicted octanol–water partition coefficient (Wildman–Crippen LogP) is 2.02. The van der Waals surface area contributed by atoms with Crippen molar-refractivity contribution in [3.63, 3.8) is 0 Å². The Hall–Kier alpha value is -0.610. The molecule has 1 saturated carbocycles. The third-order valence-corrected chi connectivity index (χ3v) is 4.23. The second kappa shape index (κ2) is 6.53. The van der Waals surface area contributed by atoms with Crippen LogP contribution >= 0.6 is 0 Å². The Morgan fingerprint density at radius 2 is 2.00 bits per heavy atom. The summed E-state index contributed by atoms with van der Waals surface area (Å²) >= 11 is 0. The number of nitrogens with one attached hydrogen (secondary N) is 1. The van der Waals surface area contributed by atoms with Crippen molar-refractivity contribution in [3.8, 4) is 0 Å². The molecule has 18 heavy (non-hydrogen) atoms. The average Bonchev–Trinajstić information content (AvgIpc) is 2.80. The maximum atomic E-state index is 12.1. The summed E-state index contributed by atoms with van der Waals surface area (Å²) in [4.78, 5) is 12.1. The monoisotopic (exact) mass is 255 g/mol. The number of carbonyl (C=O) groups is 1. The number of ether oxygens (including phenoxy) is 2. The van der Waals surface area contributed by atoms with Crippen LogP contribution in [0.1, 0.15) is 51.4 Å². The quantitative estimate of drug-likeness (QED) is 0.617. The minimum Gasteiger partial charge on any atom is -0.468 e. The molecule has 0 aromatic carbocycles. The van der Waals surface area contributed by atoms with E-state index in [9.17, 15) is 4.79 Å². The van der Waals surface area contributed by atoms with E-state index in [-0.39, 0.29) is 12.1 Å². The summed E-state index contributed by atoms with van der Waals surface area (Å²) in [6, 6.07) is 0. The number of esters is 1. The normalized spacial score (nSPS) is 27.7. The van der Waals surface area contributed by atoms with Crippen LogP contribution in [0, 0.1) is 0 Å². The van der Waals surface area contributed by atoms with Crippen molar-refractivity contribution < 1.29 is 14.3 Å². The van der Waals surface area contributed by atoms with Crippen molar-refractivity contribution in [1.82, 2.24) is 5.32 Å². The first-order valence-electron chi connectivity index (χ1n) is 7.22. The summed E-state index contributed by atoms with van der Waals surface area (Å²) in [7, 11) is 1.49. The van der Waals surface area contributed by atoms with Gasteiger partial charge in [0, 0.05) is 13.2 Å². The van der Waals surface area contributed by atoms with Crippen LogP contribution in [0.25, 0.3) is 0 Å². The molecule has 1 atom stereocenters. The van der Waals surface area contributed by atoms with E-state index < -0.39 is 5.54 Å². The van der Waals surface area contributed by atoms with Gasteiger partial charge in [0.2, 0.25) is 0 Å². The zero-order valence-corrected chi connectivity index (χ0v) is 11.4. The highest BCUT2D eigenvalue weighted by molar-refractivity contribution is 5.80. The van der Waals surface area contributed by atoms with Crippen LogP contribution in [0.3, 0.4) is 0 Å². The van der Waals surface area contributed by atoms with Crippen molar-refractivity contribution in [2.45, 2.75) is 63.0 Å². The third kappa shape index (κ3) is 3.23. The lowest BCUT2D eigenvalue weighted by Gasteiger charge is -2.32. The first-order chi connectivity index (χ1) is 8.77. The standard InChI is InChI=1S/C14H25NO3/c1-17-13(16)14(8-4-2-3-5-9-14)15-11-12-7-6-10-18-12/h12,15H,2-11H2,1H3. The molecule has 0 amide bonds. The van der Waals surface area contributed by atoms with E-state index in [0.29, 0.717) is 0 Å². The summed E-state index contributed by atoms with van der Waals surface area (Å²) in [6.45, 7) is 1.63. The topological polar surface area (TPSA) is 47.6 Å². The van der Waals surface area contributed by atoms with Gasteiger partial charge in [0.15, 0.2) is 0 Å². The molecule has 1 saturated heterocycles. The second-order valence-corrected chi connectivity index (χ2v) is 5.50. The summed E-state index contributed by atoms with van der Waals surface area (Å²) in [6.07, 6.45) is 8.96. The molecule has 1 N–H and O–H groups in total. The molecule has 1 aliphatic heterocycles. The highest BCUT2D eigenvalue weighted by atomic mass is 16.5. The van der Waals surface area contributed by atoms with Gasteiger partial charge in [-0.2, -0.15) is 0 Å². The highest BCUT2D eigenvalue weighted by Crippen LogP contribution is 2.28. The smallest absolute Gasteiger partial charge is 0.326 e. The molecule has 2 aliphatic rings. The molecule has 1 unspecified atom stereocenters. The summed E-state index contributed by atoms with van der Waals surface area (Å²) in [5.74, 6) is -0.0950. The van der Waals surface area contributed by atoms with Crippen molar-refractivity contribution >= 4 is 5.97 Å². The zero-order valence-electron chi connectivity index (χ0n) is 11.4. The molecule has 1 heterocycles. The molecule has 4 heteroatoms. The largest absolute Gasteiger partial charge is 0.468 e. The van der Waals surface area contributed by atoms with E-state index in [1.807, 2.05) is 0 Å². The average molecular weight is 255 g/mol. The van der Waals surface area contributed by atoms with Gasteiger partial charge >= 0.3 is 5.97 Å². The first-order valence-corrected chi connectivity index (χ1v) is 7.22. The Labute approximate surface area is 109 Å². The molecule has 0 spiro atoms. The fraction of sp³-hybridized carbons (Fsp3) is 0.929. The van der Waals surface area contributed by atoms with Gasteiger partial charge in [0.25, 0.3) is 0 Å². The highest BCUT2D eigenvalue weighted by Gasteiger charge is 2.39. The van der Waals surface area contributed by atoms with Crippen LogP contribution in [0.2, 0.25) is 0 Å². The van der Waals surface area contributed by atoms with Gasteiger partial charge < -0.3 is 9.47 Å². The van der Waals surface area contributed by atoms with Gasteiger partial charge in [0.05, 0.1) is 13.2 Å². The third-order valence-electron chi connectivity index (χ3n) is 4.23. The Kier molecular flexibility index (Phi) is 5.01. The van der Waals surface area contributed by atoms with Gasteiger partial charge in [-0.15, -0.1) is 0 Å². The van der Waals surface area contributed by atoms with Gasteiger partial charge in [0.1, 0.15) is 5.54 Å². The minimum atomic E-state index is -0.461. The number of rotatable bonds is 4. The van der Waals surface area contributed by atoms with Crippen LogP contribution < -0.4 is 5.32 Å². The van der Waals surface area contributed by atoms with E-state index in [1.54, 1.807) is 0 Å². The fourth-order valence-electron chi connectivity index (χ4n) is 3.10. The first kappa shape index (κ1) is 13.8. The van der Waals surface area contributed by atoms with E-state index in [4.69, 9.17) is 9.47 Å². The number of carbonyl (C=O) groups excluding carboxylic acids is 1. The Balaban J connectivity index is 1.96. The summed E-state index contributed by atoms with van der Waals surface area (Å²) < 4.78 is 10.6. The summed E-state index contributed by atoms with van der Waals surface area (Å²) in [5.41, 5.74) is -0.461. The van der Waals surface area contributed by atoms with E-state index >= 15 is 0 Å². The zero-order chi connectivity index (χ0) is 12.8. The molecular weight excluding hydrogens is 230 g/mol. The maximum absolute atomic E-state index is 12.1. The maximum Gasteiger partial charge on any atom is 0.326 e. The van der Waals surface area contributed by atoms with Crippen LogP contribution in [0.15, 0.2) is 0 Å². The lowest BCUT2D eigenvalue weighted by Crippen LogP contribution is -2.54. The Morgan fingerprint density at radius 3 is 2.56 bits per heavy atom. The number of methoxy groups -OCH3 is 1. The van der Waals surface area contributed by atoms with Crippen molar-refractivity contribution in [3.05, 3.63) is 0 Å². The second-order valence-electron chi connectivity index (χ2n) is 5.50. The molecular formula is C14H25NO3. The van der Waals surface area contributed by atoms with Crippen LogP contribution in [-0.2, 0) is 14.3 Å². The van der Waals surface area contributed by atoms with Crippen LogP contribution in [0.5, 0.6) is 0 Å². The van der Waals surface area contributed by atoms with E-state index in [2.05, 4.69) is 5.32 Å². The molecule has 0 bridgehead atoms. The number of hydrogen-bond donors (Lipinski definition) is 1. The Bertz CT molecular complexity index is 266. The van der Waals surface area contributed by atoms with Crippen molar-refractivity contribution in [2.75, 3.05) is 20.3 Å². The summed E-state index contributed by atoms with van der Waals surface area (Å²) in [5, 5.41) is 3.47.